The van der Waals surface area contributed by atoms with Crippen LogP contribution in [0.25, 0.3) is 0 Å². The predicted molar refractivity (Wildman–Crippen MR) is 494 cm³/mol. The van der Waals surface area contributed by atoms with Crippen LogP contribution in [0.1, 0.15) is 71.7 Å². The van der Waals surface area contributed by atoms with Crippen LogP contribution in [-0.4, -0.2) is 337 Å². The van der Waals surface area contributed by atoms with Gasteiger partial charge >= 0.3 is 17.9 Å². The number of aliphatic hydroxyl groups excluding tert-OH is 6. The van der Waals surface area contributed by atoms with Crippen molar-refractivity contribution in [1.82, 2.24) is 0 Å². The third kappa shape index (κ3) is 31.8. The average Bonchev–Trinajstić information content (AvgIpc) is 1.64. The van der Waals surface area contributed by atoms with Gasteiger partial charge in [0.2, 0.25) is 9.15 Å². The number of methoxy groups -OCH3 is 5. The fraction of sp³-hybridized carbons (Fsp3) is 0.592. The molecule has 6 N–H and O–H groups in total. The first-order valence-electron chi connectivity index (χ1n) is 47.3. The molecule has 0 aliphatic carbocycles. The molecule has 0 aromatic heterocycles. The first-order chi connectivity index (χ1) is 68.9. The highest BCUT2D eigenvalue weighted by Gasteiger charge is 2.64. The van der Waals surface area contributed by atoms with E-state index >= 15 is 0 Å². The highest BCUT2D eigenvalue weighted by molar-refractivity contribution is 7.86. The lowest BCUT2D eigenvalue weighted by Gasteiger charge is -2.37. The molecule has 9 saturated heterocycles. The SMILES string of the molecule is CC(=O)OC[C@@]12COCC([C@@H](OC(C)=O)O1)[C@H]2OCc1ccccc1.CO[C@@H]1OC(COS(C)(=O)=O)(COS(C)(=O)=O)[C@H](OCc2ccccc2)C1CO.CO[C@@H]1O[C@@]2(CO)COCC1[C@H]2OCc1ccccc1.CO[C@@H]1O[C@@]2(COC(C)=O)COCC1[C@H]2OCc1ccccc1.[2H]OCC1[C@H](OC)OC(CO)(CO)[C@@H]1OCc1ccccc1.[2H]OCC1[C@H](OC)O[C@H](C=O)[C@@H]1OCc1ccccc1.[3H]C.[3H]C. The van der Waals surface area contributed by atoms with Gasteiger partial charge in [-0.15, -0.1) is 0 Å². The summed E-state index contributed by atoms with van der Waals surface area (Å²) in [5.41, 5.74) is 0.421. The molecule has 0 spiro atoms. The molecule has 6 bridgehead atoms. The minimum atomic E-state index is -3.89. The number of esters is 3. The summed E-state index contributed by atoms with van der Waals surface area (Å²) in [6.45, 7) is 5.95. The molecule has 9 aliphatic heterocycles. The molecule has 15 rings (SSSR count). The lowest BCUT2D eigenvalue weighted by atomic mass is 9.89. The Bertz CT molecular complexity index is 4810. The molecule has 6 aromatic carbocycles. The molecule has 39 nitrogen and oxygen atoms in total. The number of ether oxygens (including phenoxy) is 23. The van der Waals surface area contributed by atoms with Crippen LogP contribution in [-0.2, 0) is 196 Å². The molecule has 139 heavy (non-hydrogen) atoms. The smallest absolute Gasteiger partial charge is 0.304 e. The van der Waals surface area contributed by atoms with Crippen molar-refractivity contribution in [1.29, 1.82) is 2.86 Å². The second-order valence-corrected chi connectivity index (χ2v) is 37.3. The largest absolute Gasteiger partial charge is 0.463 e. The minimum Gasteiger partial charge on any atom is -0.463 e. The number of carbonyl (C=O) groups excluding carboxylic acids is 4. The van der Waals surface area contributed by atoms with Crippen LogP contribution >= 0.6 is 0 Å². The van der Waals surface area contributed by atoms with Crippen molar-refractivity contribution in [3.63, 3.8) is 0 Å². The maximum absolute atomic E-state index is 11.6. The van der Waals surface area contributed by atoms with Gasteiger partial charge in [0.1, 0.15) is 86.0 Å². The van der Waals surface area contributed by atoms with Crippen LogP contribution in [0.3, 0.4) is 0 Å². The molecule has 6 aromatic rings. The Morgan fingerprint density at radius 2 is 0.705 bits per heavy atom. The molecule has 9 heterocycles. The van der Waals surface area contributed by atoms with Gasteiger partial charge in [-0.2, -0.15) is 16.8 Å². The second kappa shape index (κ2) is 56.4. The fourth-order valence-corrected chi connectivity index (χ4v) is 18.2. The number of aldehydes is 1. The van der Waals surface area contributed by atoms with E-state index in [0.29, 0.717) is 72.4 Å². The topological polar surface area (TPSA) is 489 Å². The number of benzene rings is 6. The van der Waals surface area contributed by atoms with Gasteiger partial charge in [-0.1, -0.05) is 197 Å². The van der Waals surface area contributed by atoms with Crippen LogP contribution in [0.4, 0.5) is 0 Å². The number of rotatable bonds is 43. The van der Waals surface area contributed by atoms with Crippen molar-refractivity contribution in [2.45, 2.75) is 184 Å². The summed E-state index contributed by atoms with van der Waals surface area (Å²) < 4.78 is 211. The summed E-state index contributed by atoms with van der Waals surface area (Å²) in [6.07, 6.45) is -5.20. The van der Waals surface area contributed by atoms with Crippen molar-refractivity contribution < 1.29 is 187 Å². The first-order valence-corrected chi connectivity index (χ1v) is 48.1. The van der Waals surface area contributed by atoms with Crippen LogP contribution in [0.5, 0.6) is 0 Å². The standard InChI is InChI=1S/C18H22O7.C17H26O10S2.C17H22O6.C15H22O6.C15H20O5.C14H18O5.2CH4/c1-12(19)23-11-18-10-21-9-15(17(25-18)24-13(2)20)16(18)22-8-14-6-4-3-5-7-14;1-23-16-14(9-18)15(24-10-13-7-5-4-6-8-13)17(27-16,11-25-28(2,19)20)12-26-29(3,21)22;1-12(18)22-11-17-10-20-9-14(16(19-2)23-17)15(17)21-8-13-6-4-3-5-7-13;1-19-14-12(7-16)13(15(9-17,10-18)21-14)20-8-11-5-3-2-4-6-11;1-17-14-12-8-18-10-15(9-16,20-14)13(12)19-7-11-5-3-2-4-6-11;1-17-14-11(7-15)13(12(8-16)19-14)18-9-10-5-3-2-4-6-10;;/h3-7,15-17H,8-11H2,1-2H3;4-8,14-16,18H,9-12H2,1-3H3;3-7,14-16H,8-11H2,1-2H3;2-6,12-14,16-18H,7-10H2,1H3;2-6,12-14,16H,7-10H2,1H3;2-6,8,11-15H,7,9H2,1H3;2*1H4/t15?,16-,17+,18-;14?,15-,16-;14?,15-,16-,17-;12?,13-,14-;12?,13-,14-,15+;11?,12-,13-,14-;;/m111111../s1/i;;;16D;;15D;2*1T. The van der Waals surface area contributed by atoms with Gasteiger partial charge in [0.15, 0.2) is 48.9 Å². The summed E-state index contributed by atoms with van der Waals surface area (Å²) in [7, 11) is 2.21. The van der Waals surface area contributed by atoms with Crippen molar-refractivity contribution in [3.05, 3.63) is 215 Å². The first kappa shape index (κ1) is 110. The van der Waals surface area contributed by atoms with E-state index in [1.807, 2.05) is 182 Å². The zero-order valence-electron chi connectivity index (χ0n) is 84.3. The molecule has 0 saturated carbocycles. The Labute approximate surface area is 818 Å². The van der Waals surface area contributed by atoms with Gasteiger partial charge in [0.05, 0.1) is 167 Å². The van der Waals surface area contributed by atoms with Crippen LogP contribution in [0.15, 0.2) is 182 Å². The molecular weight excluding hydrogens is 1870 g/mol. The molecule has 0 amide bonds. The number of aliphatic hydroxyl groups is 6. The predicted octanol–water partition coefficient (Wildman–Crippen LogP) is 5.72. The molecule has 41 heteroatoms. The zero-order valence-corrected chi connectivity index (χ0v) is 82.0. The number of hydrogen-bond acceptors (Lipinski definition) is 39. The third-order valence-electron chi connectivity index (χ3n) is 24.1. The quantitative estimate of drug-likeness (QED) is 0.0115. The zero-order chi connectivity index (χ0) is 104. The van der Waals surface area contributed by atoms with E-state index in [9.17, 15) is 56.4 Å². The molecule has 776 valence electrons. The lowest BCUT2D eigenvalue weighted by molar-refractivity contribution is -0.212. The van der Waals surface area contributed by atoms with Crippen molar-refractivity contribution in [2.24, 2.45) is 35.5 Å². The van der Waals surface area contributed by atoms with Crippen molar-refractivity contribution in [3.8, 4) is 0 Å². The molecular formula is C98H138O39S2. The van der Waals surface area contributed by atoms with Crippen LogP contribution in [0, 0.1) is 35.5 Å². The monoisotopic (exact) mass is 2010 g/mol. The molecule has 9 aliphatic rings. The van der Waals surface area contributed by atoms with E-state index in [0.717, 1.165) is 45.9 Å². The van der Waals surface area contributed by atoms with Crippen molar-refractivity contribution >= 4 is 44.4 Å². The van der Waals surface area contributed by atoms with E-state index in [1.54, 1.807) is 14.2 Å². The van der Waals surface area contributed by atoms with E-state index in [2.05, 4.69) is 10.2 Å². The lowest BCUT2D eigenvalue weighted by Crippen LogP contribution is -2.54. The highest BCUT2D eigenvalue weighted by Crippen LogP contribution is 2.47. The normalized spacial score (nSPS) is 29.9. The van der Waals surface area contributed by atoms with Crippen LogP contribution in [0.2, 0.25) is 0 Å². The highest BCUT2D eigenvalue weighted by atomic mass is 32.2. The van der Waals surface area contributed by atoms with Gasteiger partial charge in [-0.3, -0.25) is 22.7 Å². The van der Waals surface area contributed by atoms with Crippen LogP contribution < -0.4 is 0 Å². The van der Waals surface area contributed by atoms with E-state index < -0.39 is 167 Å². The minimum absolute atomic E-state index is 0.00962. The Hall–Kier alpha value is -7.82. The molecule has 0 radical (unpaired) electrons. The fourth-order valence-electron chi connectivity index (χ4n) is 17.4. The number of fused-ring (bicyclic) bond motifs is 6. The van der Waals surface area contributed by atoms with Gasteiger partial charge in [-0.25, -0.2) is 0 Å². The maximum atomic E-state index is 11.6. The van der Waals surface area contributed by atoms with E-state index in [4.69, 9.17) is 123 Å². The van der Waals surface area contributed by atoms with Gasteiger partial charge in [0, 0.05) is 59.1 Å². The molecule has 9 fully saturated rings. The summed E-state index contributed by atoms with van der Waals surface area (Å²) in [6, 6.07) is 57.9. The second-order valence-electron chi connectivity index (χ2n) is 34.0. The van der Waals surface area contributed by atoms with E-state index in [-0.39, 0.29) is 94.4 Å². The summed E-state index contributed by atoms with van der Waals surface area (Å²) in [5.74, 6) is -3.03. The number of hydrogen-bond donors (Lipinski definition) is 6. The number of carbonyl (C=O) groups is 4. The molecule has 22 atom stereocenters. The Kier molecular flexibility index (Phi) is 44.7. The Balaban J connectivity index is 0.000000209. The average molecular weight is 2010 g/mol. The third-order valence-corrected chi connectivity index (χ3v) is 25.2. The van der Waals surface area contributed by atoms with Gasteiger partial charge in [0.25, 0.3) is 20.2 Å². The maximum Gasteiger partial charge on any atom is 0.304 e. The summed E-state index contributed by atoms with van der Waals surface area (Å²) >= 11 is 0. The van der Waals surface area contributed by atoms with Crippen molar-refractivity contribution in [2.75, 3.05) is 154 Å². The Morgan fingerprint density at radius 1 is 0.396 bits per heavy atom. The molecule has 6 unspecified atom stereocenters. The van der Waals surface area contributed by atoms with Gasteiger partial charge in [-0.05, 0) is 33.4 Å². The summed E-state index contributed by atoms with van der Waals surface area (Å²) in [4.78, 5) is 44.9. The van der Waals surface area contributed by atoms with E-state index in [1.165, 1.54) is 56.9 Å². The van der Waals surface area contributed by atoms with Gasteiger partial charge < -0.3 is 144 Å². The summed E-state index contributed by atoms with van der Waals surface area (Å²) in [5, 5.41) is 47.8. The Morgan fingerprint density at radius 3 is 1.03 bits per heavy atom.